The minimum absolute atomic E-state index is 0.105. The van der Waals surface area contributed by atoms with Crippen molar-refractivity contribution in [2.45, 2.75) is 22.9 Å². The van der Waals surface area contributed by atoms with E-state index in [4.69, 9.17) is 0 Å². The maximum absolute atomic E-state index is 10.1. The third kappa shape index (κ3) is 3.91. The molecule has 4 heteroatoms. The zero-order valence-electron chi connectivity index (χ0n) is 13.1. The summed E-state index contributed by atoms with van der Waals surface area (Å²) in [5, 5.41) is 22.6. The molecule has 0 aliphatic heterocycles. The second-order valence-corrected chi connectivity index (χ2v) is 6.46. The van der Waals surface area contributed by atoms with E-state index in [-0.39, 0.29) is 12.4 Å². The summed E-state index contributed by atoms with van der Waals surface area (Å²) in [4.78, 5) is 2.36. The van der Waals surface area contributed by atoms with Crippen molar-refractivity contribution in [2.24, 2.45) is 0 Å². The van der Waals surface area contributed by atoms with Crippen LogP contribution >= 0.6 is 11.8 Å². The third-order valence-electron chi connectivity index (χ3n) is 3.70. The fourth-order valence-electron chi connectivity index (χ4n) is 2.42. The van der Waals surface area contributed by atoms with Crippen LogP contribution in [0, 0.1) is 0 Å². The normalized spacial score (nSPS) is 10.5. The number of nitrogens with one attached hydrogen (secondary N) is 1. The minimum Gasteiger partial charge on any atom is -0.505 e. The van der Waals surface area contributed by atoms with E-state index in [0.717, 1.165) is 5.56 Å². The second-order valence-electron chi connectivity index (χ2n) is 5.35. The van der Waals surface area contributed by atoms with Crippen molar-refractivity contribution in [3.8, 4) is 5.75 Å². The first-order valence-corrected chi connectivity index (χ1v) is 8.56. The number of anilines is 1. The number of aliphatic hydroxyl groups is 1. The highest BCUT2D eigenvalue weighted by Crippen LogP contribution is 2.32. The van der Waals surface area contributed by atoms with Crippen LogP contribution in [-0.4, -0.2) is 10.2 Å². The van der Waals surface area contributed by atoms with Gasteiger partial charge in [0.15, 0.2) is 0 Å². The van der Waals surface area contributed by atoms with Crippen molar-refractivity contribution in [1.82, 2.24) is 0 Å². The highest BCUT2D eigenvalue weighted by molar-refractivity contribution is 7.99. The second kappa shape index (κ2) is 7.90. The molecule has 3 aromatic rings. The molecule has 0 unspecified atom stereocenters. The average molecular weight is 337 g/mol. The molecule has 0 fully saturated rings. The summed E-state index contributed by atoms with van der Waals surface area (Å²) in [5.74, 6) is 0.105. The molecule has 0 aliphatic rings. The molecule has 0 amide bonds. The monoisotopic (exact) mass is 337 g/mol. The number of phenols is 1. The van der Waals surface area contributed by atoms with Crippen molar-refractivity contribution >= 4 is 17.4 Å². The van der Waals surface area contributed by atoms with Gasteiger partial charge in [-0.2, -0.15) is 0 Å². The summed E-state index contributed by atoms with van der Waals surface area (Å²) < 4.78 is 0. The van der Waals surface area contributed by atoms with Gasteiger partial charge in [0.1, 0.15) is 5.75 Å². The van der Waals surface area contributed by atoms with Gasteiger partial charge >= 0.3 is 0 Å². The number of hydrogen-bond donors (Lipinski definition) is 3. The molecule has 3 nitrogen and oxygen atoms in total. The van der Waals surface area contributed by atoms with Gasteiger partial charge in [0.05, 0.1) is 12.3 Å². The lowest BCUT2D eigenvalue weighted by Gasteiger charge is -2.13. The maximum atomic E-state index is 10.1. The van der Waals surface area contributed by atoms with E-state index < -0.39 is 0 Å². The van der Waals surface area contributed by atoms with Gasteiger partial charge < -0.3 is 15.5 Å². The molecule has 0 spiro atoms. The number of aliphatic hydroxyl groups excluding tert-OH is 1. The summed E-state index contributed by atoms with van der Waals surface area (Å²) in [5.41, 5.74) is 2.30. The molecule has 0 aromatic heterocycles. The quantitative estimate of drug-likeness (QED) is 0.573. The van der Waals surface area contributed by atoms with Gasteiger partial charge in [0, 0.05) is 21.9 Å². The van der Waals surface area contributed by atoms with Crippen LogP contribution in [0.15, 0.2) is 82.6 Å². The lowest BCUT2D eigenvalue weighted by atomic mass is 10.1. The molecular formula is C20H19NO2S. The number of hydrogen-bond acceptors (Lipinski definition) is 4. The Balaban J connectivity index is 1.76. The first kappa shape index (κ1) is 16.4. The zero-order valence-corrected chi connectivity index (χ0v) is 14.0. The molecule has 0 radical (unpaired) electrons. The summed E-state index contributed by atoms with van der Waals surface area (Å²) >= 11 is 1.72. The highest BCUT2D eigenvalue weighted by Gasteiger charge is 2.08. The van der Waals surface area contributed by atoms with E-state index in [9.17, 15) is 10.2 Å². The Morgan fingerprint density at radius 1 is 0.792 bits per heavy atom. The molecule has 3 aromatic carbocycles. The smallest absolute Gasteiger partial charge is 0.144 e. The first-order chi connectivity index (χ1) is 11.8. The van der Waals surface area contributed by atoms with Crippen molar-refractivity contribution in [2.75, 3.05) is 5.32 Å². The van der Waals surface area contributed by atoms with E-state index in [1.54, 1.807) is 23.9 Å². The van der Waals surface area contributed by atoms with E-state index in [1.165, 1.54) is 9.79 Å². The van der Waals surface area contributed by atoms with E-state index in [0.29, 0.717) is 17.8 Å². The van der Waals surface area contributed by atoms with Gasteiger partial charge in [0.2, 0.25) is 0 Å². The molecule has 0 bridgehead atoms. The predicted octanol–water partition coefficient (Wildman–Crippen LogP) is 4.65. The fourth-order valence-corrected chi connectivity index (χ4v) is 3.38. The van der Waals surface area contributed by atoms with Crippen LogP contribution in [0.5, 0.6) is 5.75 Å². The maximum Gasteiger partial charge on any atom is 0.144 e. The molecule has 3 rings (SSSR count). The van der Waals surface area contributed by atoms with Gasteiger partial charge in [-0.3, -0.25) is 0 Å². The molecule has 0 atom stereocenters. The first-order valence-electron chi connectivity index (χ1n) is 7.74. The number of benzene rings is 3. The van der Waals surface area contributed by atoms with Crippen molar-refractivity contribution < 1.29 is 10.2 Å². The van der Waals surface area contributed by atoms with Crippen LogP contribution in [0.3, 0.4) is 0 Å². The van der Waals surface area contributed by atoms with Crippen LogP contribution in [0.2, 0.25) is 0 Å². The molecule has 0 aliphatic carbocycles. The van der Waals surface area contributed by atoms with Gasteiger partial charge in [-0.1, -0.05) is 60.3 Å². The van der Waals surface area contributed by atoms with E-state index in [1.807, 2.05) is 36.4 Å². The lowest BCUT2D eigenvalue weighted by molar-refractivity contribution is 0.276. The van der Waals surface area contributed by atoms with E-state index in [2.05, 4.69) is 29.6 Å². The minimum atomic E-state index is -0.179. The van der Waals surface area contributed by atoms with Crippen molar-refractivity contribution in [3.05, 3.63) is 83.9 Å². The Labute approximate surface area is 146 Å². The fraction of sp³-hybridized carbons (Fsp3) is 0.100. The van der Waals surface area contributed by atoms with Crippen LogP contribution in [-0.2, 0) is 13.2 Å². The third-order valence-corrected chi connectivity index (χ3v) is 4.83. The Kier molecular flexibility index (Phi) is 5.41. The molecule has 3 N–H and O–H groups in total. The standard InChI is InChI=1S/C20H19NO2S/c22-14-16-8-6-11-18(20(16)23)21-13-15-7-4-5-12-19(15)24-17-9-2-1-3-10-17/h1-12,21-23H,13-14H2. The summed E-state index contributed by atoms with van der Waals surface area (Å²) in [6.45, 7) is 0.417. The average Bonchev–Trinajstić information content (AvgIpc) is 2.63. The molecule has 24 heavy (non-hydrogen) atoms. The van der Waals surface area contributed by atoms with Crippen molar-refractivity contribution in [3.63, 3.8) is 0 Å². The van der Waals surface area contributed by atoms with Crippen LogP contribution in [0.25, 0.3) is 0 Å². The summed E-state index contributed by atoms with van der Waals surface area (Å²) in [6.07, 6.45) is 0. The lowest BCUT2D eigenvalue weighted by Crippen LogP contribution is -2.02. The SMILES string of the molecule is OCc1cccc(NCc2ccccc2Sc2ccccc2)c1O. The number of para-hydroxylation sites is 1. The molecular weight excluding hydrogens is 318 g/mol. The van der Waals surface area contributed by atoms with Gasteiger partial charge in [-0.25, -0.2) is 0 Å². The number of rotatable bonds is 6. The van der Waals surface area contributed by atoms with Gasteiger partial charge in [-0.15, -0.1) is 0 Å². The molecule has 122 valence electrons. The van der Waals surface area contributed by atoms with Crippen molar-refractivity contribution in [1.29, 1.82) is 0 Å². The summed E-state index contributed by atoms with van der Waals surface area (Å²) in [6, 6.07) is 23.8. The Morgan fingerprint density at radius 3 is 2.29 bits per heavy atom. The summed E-state index contributed by atoms with van der Waals surface area (Å²) in [7, 11) is 0. The number of aromatic hydroxyl groups is 1. The zero-order chi connectivity index (χ0) is 16.8. The topological polar surface area (TPSA) is 52.5 Å². The molecule has 0 saturated carbocycles. The Morgan fingerprint density at radius 2 is 1.50 bits per heavy atom. The van der Waals surface area contributed by atoms with Crippen LogP contribution < -0.4 is 5.32 Å². The Bertz CT molecular complexity index is 806. The van der Waals surface area contributed by atoms with Gasteiger partial charge in [0.25, 0.3) is 0 Å². The van der Waals surface area contributed by atoms with Crippen LogP contribution in [0.4, 0.5) is 5.69 Å². The largest absolute Gasteiger partial charge is 0.505 e. The molecule has 0 saturated heterocycles. The molecule has 0 heterocycles. The van der Waals surface area contributed by atoms with Gasteiger partial charge in [-0.05, 0) is 29.8 Å². The van der Waals surface area contributed by atoms with Crippen LogP contribution in [0.1, 0.15) is 11.1 Å². The Hall–Kier alpha value is -2.43. The van der Waals surface area contributed by atoms with E-state index >= 15 is 0 Å². The predicted molar refractivity (Wildman–Crippen MR) is 98.4 cm³/mol. The highest BCUT2D eigenvalue weighted by atomic mass is 32.2.